The molecule has 0 aliphatic heterocycles. The monoisotopic (exact) mass is 358 g/mol. The second-order valence-electron chi connectivity index (χ2n) is 4.04. The van der Waals surface area contributed by atoms with Gasteiger partial charge in [-0.15, -0.1) is 0 Å². The van der Waals surface area contributed by atoms with Crippen molar-refractivity contribution in [3.63, 3.8) is 0 Å². The van der Waals surface area contributed by atoms with Crippen LogP contribution in [0.4, 0.5) is 0 Å². The van der Waals surface area contributed by atoms with Gasteiger partial charge < -0.3 is 21.7 Å². The number of likely N-dealkylation sites (N-methyl/N-ethyl adjacent to an activating group) is 1. The molecule has 0 aliphatic carbocycles. The van der Waals surface area contributed by atoms with Gasteiger partial charge in [-0.25, -0.2) is 0 Å². The maximum atomic E-state index is 11.2. The number of unbranched alkanes of at least 4 members (excludes halogenated alkanes) is 1. The molecule has 2 amide bonds. The van der Waals surface area contributed by atoms with Crippen molar-refractivity contribution in [1.82, 2.24) is 16.0 Å². The maximum absolute atomic E-state index is 11.2. The second kappa shape index (κ2) is 13.6. The topological polar surface area (TPSA) is 111 Å². The van der Waals surface area contributed by atoms with Gasteiger partial charge in [-0.3, -0.25) is 14.4 Å². The van der Waals surface area contributed by atoms with E-state index in [-0.39, 0.29) is 44.5 Å². The molecule has 0 aromatic heterocycles. The zero-order valence-corrected chi connectivity index (χ0v) is 14.7. The Bertz CT molecular complexity index is 313. The van der Waals surface area contributed by atoms with Gasteiger partial charge in [0.25, 0.3) is 0 Å². The summed E-state index contributed by atoms with van der Waals surface area (Å²) >= 11 is 0. The van der Waals surface area contributed by atoms with Crippen molar-refractivity contribution in [3.05, 3.63) is 18.8 Å². The molecular weight excluding hydrogens is 337 g/mol. The molecule has 0 rings (SSSR count). The molecule has 8 heteroatoms. The van der Waals surface area contributed by atoms with Gasteiger partial charge in [-0.2, -0.15) is 0 Å². The van der Waals surface area contributed by atoms with E-state index >= 15 is 0 Å². The van der Waals surface area contributed by atoms with Crippen molar-refractivity contribution in [2.24, 2.45) is 0 Å². The van der Waals surface area contributed by atoms with Crippen LogP contribution in [0.15, 0.2) is 0 Å². The number of carbonyl (C=O) groups is 3. The average Bonchev–Trinajstić information content (AvgIpc) is 2.39. The molecule has 0 spiro atoms. The van der Waals surface area contributed by atoms with E-state index in [0.717, 1.165) is 25.8 Å². The van der Waals surface area contributed by atoms with Crippen LogP contribution < -0.4 is 16.0 Å². The number of carbonyl (C=O) groups excluding carboxylic acids is 3. The SMILES string of the molecule is CNC(CCCCNC(=O)[CH]NC(=O)[CH][NH-])C(C)=O.[Y]. The number of rotatable bonds is 10. The van der Waals surface area contributed by atoms with Gasteiger partial charge in [0.1, 0.15) is 12.3 Å². The number of amides is 2. The zero-order valence-electron chi connectivity index (χ0n) is 11.9. The van der Waals surface area contributed by atoms with Gasteiger partial charge in [0, 0.05) is 39.3 Å². The van der Waals surface area contributed by atoms with Crippen molar-refractivity contribution in [2.45, 2.75) is 32.2 Å². The largest absolute Gasteiger partial charge is 0.668 e. The summed E-state index contributed by atoms with van der Waals surface area (Å²) in [6.45, 7) is 3.59. The third-order valence-electron chi connectivity index (χ3n) is 2.53. The first-order chi connectivity index (χ1) is 9.01. The molecule has 3 radical (unpaired) electrons. The van der Waals surface area contributed by atoms with Crippen LogP contribution in [0.25, 0.3) is 5.73 Å². The first-order valence-electron chi connectivity index (χ1n) is 6.11. The fourth-order valence-electron chi connectivity index (χ4n) is 1.47. The minimum absolute atomic E-state index is 0. The van der Waals surface area contributed by atoms with E-state index in [4.69, 9.17) is 5.73 Å². The van der Waals surface area contributed by atoms with E-state index < -0.39 is 11.8 Å². The second-order valence-corrected chi connectivity index (χ2v) is 4.04. The molecule has 0 saturated heterocycles. The molecule has 1 unspecified atom stereocenters. The molecule has 7 nitrogen and oxygen atoms in total. The van der Waals surface area contributed by atoms with Gasteiger partial charge in [0.2, 0.25) is 11.8 Å². The first-order valence-corrected chi connectivity index (χ1v) is 6.11. The minimum atomic E-state index is -0.645. The Morgan fingerprint density at radius 3 is 2.35 bits per heavy atom. The summed E-state index contributed by atoms with van der Waals surface area (Å²) in [6.07, 6.45) is 2.30. The van der Waals surface area contributed by atoms with E-state index in [2.05, 4.69) is 16.0 Å². The smallest absolute Gasteiger partial charge is 0.245 e. The Balaban J connectivity index is 0. The predicted molar refractivity (Wildman–Crippen MR) is 71.5 cm³/mol. The van der Waals surface area contributed by atoms with Gasteiger partial charge >= 0.3 is 0 Å². The van der Waals surface area contributed by atoms with Crippen LogP contribution in [-0.2, 0) is 47.1 Å². The number of hydrogen-bond donors (Lipinski definition) is 3. The summed E-state index contributed by atoms with van der Waals surface area (Å²) in [7, 11) is 1.74. The summed E-state index contributed by atoms with van der Waals surface area (Å²) in [5.74, 6) is -0.949. The van der Waals surface area contributed by atoms with E-state index in [0.29, 0.717) is 13.1 Å². The van der Waals surface area contributed by atoms with Crippen molar-refractivity contribution in [2.75, 3.05) is 13.6 Å². The van der Waals surface area contributed by atoms with Gasteiger partial charge in [-0.1, -0.05) is 6.54 Å². The van der Waals surface area contributed by atoms with Gasteiger partial charge in [0.15, 0.2) is 0 Å². The Kier molecular flexibility index (Phi) is 14.9. The van der Waals surface area contributed by atoms with E-state index in [1.807, 2.05) is 0 Å². The van der Waals surface area contributed by atoms with Crippen LogP contribution in [0.2, 0.25) is 0 Å². The van der Waals surface area contributed by atoms with E-state index in [1.165, 1.54) is 0 Å². The molecule has 0 aliphatic rings. The molecular formula is C12H21N4O3Y-. The summed E-state index contributed by atoms with van der Waals surface area (Å²) in [6, 6.07) is -0.130. The fraction of sp³-hybridized carbons (Fsp3) is 0.583. The van der Waals surface area contributed by atoms with E-state index in [9.17, 15) is 14.4 Å². The molecule has 0 fully saturated rings. The number of hydrogen-bond acceptors (Lipinski definition) is 4. The molecule has 0 aromatic rings. The molecule has 0 heterocycles. The number of ketones is 1. The summed E-state index contributed by atoms with van der Waals surface area (Å²) in [4.78, 5) is 33.0. The van der Waals surface area contributed by atoms with Crippen LogP contribution in [-0.4, -0.2) is 37.2 Å². The predicted octanol–water partition coefficient (Wildman–Crippen LogP) is -0.0606. The van der Waals surface area contributed by atoms with Gasteiger partial charge in [-0.05, 0) is 33.2 Å². The van der Waals surface area contributed by atoms with Crippen LogP contribution in [0.3, 0.4) is 0 Å². The first kappa shape index (κ1) is 21.9. The van der Waals surface area contributed by atoms with Crippen molar-refractivity contribution < 1.29 is 47.1 Å². The van der Waals surface area contributed by atoms with E-state index in [1.54, 1.807) is 14.0 Å². The Labute approximate surface area is 145 Å². The zero-order chi connectivity index (χ0) is 14.7. The minimum Gasteiger partial charge on any atom is -0.668 e. The summed E-state index contributed by atoms with van der Waals surface area (Å²) < 4.78 is 0. The molecule has 4 N–H and O–H groups in total. The van der Waals surface area contributed by atoms with Crippen molar-refractivity contribution >= 4 is 17.6 Å². The Morgan fingerprint density at radius 2 is 1.85 bits per heavy atom. The molecule has 0 saturated carbocycles. The van der Waals surface area contributed by atoms with Crippen molar-refractivity contribution in [1.29, 1.82) is 0 Å². The number of Topliss-reactive ketones (excluding diaryl/α,β-unsaturated/α-hetero) is 1. The normalized spacial score (nSPS) is 11.2. The molecule has 20 heavy (non-hydrogen) atoms. The number of nitrogens with one attached hydrogen (secondary N) is 4. The summed E-state index contributed by atoms with van der Waals surface area (Å²) in [5.41, 5.74) is 6.62. The van der Waals surface area contributed by atoms with Crippen LogP contribution in [0, 0.1) is 13.1 Å². The molecule has 1 atom stereocenters. The van der Waals surface area contributed by atoms with Crippen LogP contribution in [0.1, 0.15) is 26.2 Å². The third-order valence-corrected chi connectivity index (χ3v) is 2.53. The van der Waals surface area contributed by atoms with Crippen LogP contribution >= 0.6 is 0 Å². The Hall–Kier alpha value is -0.366. The standard InChI is InChI=1S/C12H21N4O3.Y/c1-9(17)10(14-2)5-3-4-6-15-12(19)8-16-11(18)7-13;/h7-8,10,13-14H,3-6H2,1-2H3,(H,15,19)(H,16,18);/q-1;. The average molecular weight is 358 g/mol. The van der Waals surface area contributed by atoms with Crippen LogP contribution in [0.5, 0.6) is 0 Å². The van der Waals surface area contributed by atoms with Crippen molar-refractivity contribution in [3.8, 4) is 0 Å². The molecule has 111 valence electrons. The summed E-state index contributed by atoms with van der Waals surface area (Å²) in [5, 5.41) is 7.66. The van der Waals surface area contributed by atoms with Gasteiger partial charge in [0.05, 0.1) is 6.04 Å². The third kappa shape index (κ3) is 11.5. The Morgan fingerprint density at radius 1 is 1.20 bits per heavy atom. The molecule has 0 bridgehead atoms. The molecule has 0 aromatic carbocycles. The quantitative estimate of drug-likeness (QED) is 0.475. The fourth-order valence-corrected chi connectivity index (χ4v) is 1.47. The maximum Gasteiger partial charge on any atom is 0.245 e.